The SMILES string of the molecule is CC(N)c1cccc(NC(=O)Nc2ccc(Cl)c(F)c2)c1. The van der Waals surface area contributed by atoms with Gasteiger partial charge in [0.15, 0.2) is 0 Å². The highest BCUT2D eigenvalue weighted by molar-refractivity contribution is 6.30. The number of halogens is 2. The molecule has 2 amide bonds. The molecule has 4 N–H and O–H groups in total. The van der Waals surface area contributed by atoms with Crippen LogP contribution in [0, 0.1) is 5.82 Å². The van der Waals surface area contributed by atoms with E-state index < -0.39 is 11.8 Å². The van der Waals surface area contributed by atoms with Gasteiger partial charge in [-0.25, -0.2) is 9.18 Å². The van der Waals surface area contributed by atoms with Gasteiger partial charge in [-0.2, -0.15) is 0 Å². The minimum atomic E-state index is -0.589. The van der Waals surface area contributed by atoms with Crippen LogP contribution in [-0.2, 0) is 0 Å². The predicted octanol–water partition coefficient (Wildman–Crippen LogP) is 4.14. The van der Waals surface area contributed by atoms with E-state index in [0.717, 1.165) is 11.6 Å². The number of rotatable bonds is 3. The number of carbonyl (C=O) groups excluding carboxylic acids is 1. The molecular weight excluding hydrogens is 293 g/mol. The highest BCUT2D eigenvalue weighted by Gasteiger charge is 2.07. The summed E-state index contributed by atoms with van der Waals surface area (Å²) in [6, 6.07) is 10.7. The van der Waals surface area contributed by atoms with Crippen LogP contribution < -0.4 is 16.4 Å². The molecule has 0 aliphatic carbocycles. The minimum absolute atomic E-state index is 0.00518. The summed E-state index contributed by atoms with van der Waals surface area (Å²) in [6.45, 7) is 1.86. The van der Waals surface area contributed by atoms with Crippen molar-refractivity contribution in [3.8, 4) is 0 Å². The van der Waals surface area contributed by atoms with Crippen molar-refractivity contribution in [1.29, 1.82) is 0 Å². The van der Waals surface area contributed by atoms with Gasteiger partial charge in [-0.3, -0.25) is 0 Å². The standard InChI is InChI=1S/C15H15ClFN3O/c1-9(18)10-3-2-4-11(7-10)19-15(21)20-12-5-6-13(16)14(17)8-12/h2-9H,18H2,1H3,(H2,19,20,21). The summed E-state index contributed by atoms with van der Waals surface area (Å²) in [5.74, 6) is -0.589. The Morgan fingerprint density at radius 2 is 1.86 bits per heavy atom. The molecule has 21 heavy (non-hydrogen) atoms. The highest BCUT2D eigenvalue weighted by Crippen LogP contribution is 2.19. The number of nitrogens with one attached hydrogen (secondary N) is 2. The lowest BCUT2D eigenvalue weighted by atomic mass is 10.1. The van der Waals surface area contributed by atoms with Gasteiger partial charge < -0.3 is 16.4 Å². The molecule has 0 saturated carbocycles. The zero-order valence-electron chi connectivity index (χ0n) is 11.4. The topological polar surface area (TPSA) is 67.1 Å². The van der Waals surface area contributed by atoms with Gasteiger partial charge in [-0.05, 0) is 42.8 Å². The third-order valence-electron chi connectivity index (χ3n) is 2.85. The molecule has 0 heterocycles. The fraction of sp³-hybridized carbons (Fsp3) is 0.133. The van der Waals surface area contributed by atoms with Crippen molar-refractivity contribution in [2.24, 2.45) is 5.73 Å². The van der Waals surface area contributed by atoms with Gasteiger partial charge in [0.05, 0.1) is 5.02 Å². The number of hydrogen-bond donors (Lipinski definition) is 3. The van der Waals surface area contributed by atoms with Gasteiger partial charge in [0.2, 0.25) is 0 Å². The maximum Gasteiger partial charge on any atom is 0.323 e. The van der Waals surface area contributed by atoms with Gasteiger partial charge in [0.1, 0.15) is 5.82 Å². The molecule has 2 rings (SSSR count). The molecule has 0 aliphatic rings. The number of benzene rings is 2. The summed E-state index contributed by atoms with van der Waals surface area (Å²) in [6.07, 6.45) is 0. The summed E-state index contributed by atoms with van der Waals surface area (Å²) >= 11 is 5.58. The van der Waals surface area contributed by atoms with Crippen LogP contribution in [0.3, 0.4) is 0 Å². The predicted molar refractivity (Wildman–Crippen MR) is 83.1 cm³/mol. The molecule has 0 fully saturated rings. The van der Waals surface area contributed by atoms with E-state index >= 15 is 0 Å². The number of carbonyl (C=O) groups is 1. The average molecular weight is 308 g/mol. The van der Waals surface area contributed by atoms with Crippen molar-refractivity contribution < 1.29 is 9.18 Å². The third-order valence-corrected chi connectivity index (χ3v) is 3.15. The Morgan fingerprint density at radius 3 is 2.48 bits per heavy atom. The van der Waals surface area contributed by atoms with E-state index in [-0.39, 0.29) is 11.1 Å². The Bertz CT molecular complexity index is 661. The van der Waals surface area contributed by atoms with Crippen molar-refractivity contribution in [3.63, 3.8) is 0 Å². The highest BCUT2D eigenvalue weighted by atomic mass is 35.5. The molecular formula is C15H15ClFN3O. The van der Waals surface area contributed by atoms with E-state index in [2.05, 4.69) is 10.6 Å². The van der Waals surface area contributed by atoms with Gasteiger partial charge in [0.25, 0.3) is 0 Å². The third kappa shape index (κ3) is 4.18. The van der Waals surface area contributed by atoms with Crippen LogP contribution in [0.15, 0.2) is 42.5 Å². The van der Waals surface area contributed by atoms with Gasteiger partial charge in [-0.15, -0.1) is 0 Å². The molecule has 2 aromatic rings. The number of anilines is 2. The second-order valence-electron chi connectivity index (χ2n) is 4.62. The average Bonchev–Trinajstić information content (AvgIpc) is 2.43. The van der Waals surface area contributed by atoms with Crippen LogP contribution in [0.5, 0.6) is 0 Å². The van der Waals surface area contributed by atoms with Crippen LogP contribution in [0.25, 0.3) is 0 Å². The van der Waals surface area contributed by atoms with Crippen molar-refractivity contribution in [2.75, 3.05) is 10.6 Å². The minimum Gasteiger partial charge on any atom is -0.324 e. The van der Waals surface area contributed by atoms with Gasteiger partial charge in [-0.1, -0.05) is 23.7 Å². The Kier molecular flexibility index (Phi) is 4.77. The van der Waals surface area contributed by atoms with Crippen LogP contribution in [0.2, 0.25) is 5.02 Å². The zero-order valence-corrected chi connectivity index (χ0v) is 12.1. The van der Waals surface area contributed by atoms with Crippen LogP contribution in [-0.4, -0.2) is 6.03 Å². The smallest absolute Gasteiger partial charge is 0.323 e. The van der Waals surface area contributed by atoms with Crippen molar-refractivity contribution in [3.05, 3.63) is 58.9 Å². The normalized spacial score (nSPS) is 11.8. The molecule has 4 nitrogen and oxygen atoms in total. The maximum atomic E-state index is 13.3. The molecule has 0 aliphatic heterocycles. The second-order valence-corrected chi connectivity index (χ2v) is 5.03. The number of hydrogen-bond acceptors (Lipinski definition) is 2. The fourth-order valence-corrected chi connectivity index (χ4v) is 1.88. The molecule has 110 valence electrons. The van der Waals surface area contributed by atoms with Gasteiger partial charge >= 0.3 is 6.03 Å². The molecule has 2 aromatic carbocycles. The fourth-order valence-electron chi connectivity index (χ4n) is 1.77. The number of amides is 2. The lowest BCUT2D eigenvalue weighted by molar-refractivity contribution is 0.262. The first-order valence-electron chi connectivity index (χ1n) is 6.34. The molecule has 1 unspecified atom stereocenters. The lowest BCUT2D eigenvalue weighted by Gasteiger charge is -2.11. The monoisotopic (exact) mass is 307 g/mol. The Morgan fingerprint density at radius 1 is 1.19 bits per heavy atom. The quantitative estimate of drug-likeness (QED) is 0.797. The van der Waals surface area contributed by atoms with Crippen molar-refractivity contribution >= 4 is 29.0 Å². The number of urea groups is 1. The van der Waals surface area contributed by atoms with Crippen molar-refractivity contribution in [2.45, 2.75) is 13.0 Å². The van der Waals surface area contributed by atoms with E-state index in [1.54, 1.807) is 18.2 Å². The second kappa shape index (κ2) is 6.56. The summed E-state index contributed by atoms with van der Waals surface area (Å²) in [4.78, 5) is 11.9. The van der Waals surface area contributed by atoms with E-state index in [1.165, 1.54) is 12.1 Å². The maximum absolute atomic E-state index is 13.3. The van der Waals surface area contributed by atoms with E-state index in [9.17, 15) is 9.18 Å². The summed E-state index contributed by atoms with van der Waals surface area (Å²) < 4.78 is 13.3. The van der Waals surface area contributed by atoms with Crippen LogP contribution in [0.1, 0.15) is 18.5 Å². The number of nitrogens with two attached hydrogens (primary N) is 1. The van der Waals surface area contributed by atoms with E-state index in [1.807, 2.05) is 13.0 Å². The van der Waals surface area contributed by atoms with E-state index in [0.29, 0.717) is 11.4 Å². The van der Waals surface area contributed by atoms with Crippen LogP contribution in [0.4, 0.5) is 20.6 Å². The molecule has 0 bridgehead atoms. The Balaban J connectivity index is 2.04. The first-order valence-corrected chi connectivity index (χ1v) is 6.72. The van der Waals surface area contributed by atoms with Gasteiger partial charge in [0, 0.05) is 17.4 Å². The zero-order chi connectivity index (χ0) is 15.4. The first-order chi connectivity index (χ1) is 9.95. The Labute approximate surface area is 127 Å². The van der Waals surface area contributed by atoms with E-state index in [4.69, 9.17) is 17.3 Å². The molecule has 6 heteroatoms. The first kappa shape index (κ1) is 15.3. The molecule has 0 radical (unpaired) electrons. The summed E-state index contributed by atoms with van der Waals surface area (Å²) in [5, 5.41) is 5.19. The summed E-state index contributed by atoms with van der Waals surface area (Å²) in [7, 11) is 0. The summed E-state index contributed by atoms with van der Waals surface area (Å²) in [5.41, 5.74) is 7.62. The molecule has 0 spiro atoms. The molecule has 1 atom stereocenters. The molecule has 0 aromatic heterocycles. The van der Waals surface area contributed by atoms with Crippen LogP contribution >= 0.6 is 11.6 Å². The Hall–Kier alpha value is -2.11. The molecule has 0 saturated heterocycles. The largest absolute Gasteiger partial charge is 0.324 e. The lowest BCUT2D eigenvalue weighted by Crippen LogP contribution is -2.19. The van der Waals surface area contributed by atoms with Crippen molar-refractivity contribution in [1.82, 2.24) is 0 Å².